The number of carbonyl (C=O) groups is 1. The average Bonchev–Trinajstić information content (AvgIpc) is 2.60. The molecule has 0 aliphatic carbocycles. The Morgan fingerprint density at radius 2 is 1.92 bits per heavy atom. The second kappa shape index (κ2) is 8.52. The number of rotatable bonds is 6. The molecule has 0 amide bonds. The van der Waals surface area contributed by atoms with E-state index in [1.165, 1.54) is 13.2 Å². The number of esters is 1. The summed E-state index contributed by atoms with van der Waals surface area (Å²) in [5.41, 5.74) is 1.18. The Balaban J connectivity index is 2.56. The van der Waals surface area contributed by atoms with Crippen LogP contribution < -0.4 is 0 Å². The number of methoxy groups -OCH3 is 1. The second-order valence-corrected chi connectivity index (χ2v) is 8.90. The van der Waals surface area contributed by atoms with Gasteiger partial charge in [0.1, 0.15) is 6.54 Å². The lowest BCUT2D eigenvalue weighted by Gasteiger charge is -2.28. The fourth-order valence-electron chi connectivity index (χ4n) is 2.55. The van der Waals surface area contributed by atoms with E-state index < -0.39 is 28.6 Å². The lowest BCUT2D eigenvalue weighted by molar-refractivity contribution is -0.141. The van der Waals surface area contributed by atoms with Gasteiger partial charge in [-0.25, -0.2) is 8.42 Å². The van der Waals surface area contributed by atoms with Crippen molar-refractivity contribution in [3.63, 3.8) is 0 Å². The number of halogens is 2. The number of benzene rings is 2. The van der Waals surface area contributed by atoms with E-state index >= 15 is 0 Å². The van der Waals surface area contributed by atoms with Crippen LogP contribution in [0.1, 0.15) is 24.1 Å². The van der Waals surface area contributed by atoms with Crippen LogP contribution in [0.5, 0.6) is 0 Å². The van der Waals surface area contributed by atoms with Crippen LogP contribution in [0.25, 0.3) is 0 Å². The number of hydrogen-bond donors (Lipinski definition) is 0. The number of sulfonamides is 1. The van der Waals surface area contributed by atoms with Crippen LogP contribution in [0.3, 0.4) is 0 Å². The lowest BCUT2D eigenvalue weighted by Crippen LogP contribution is -2.38. The summed E-state index contributed by atoms with van der Waals surface area (Å²) in [6.45, 7) is 2.95. The molecular weight excluding hydrogens is 442 g/mol. The highest BCUT2D eigenvalue weighted by Crippen LogP contribution is 2.32. The molecule has 0 aromatic heterocycles. The molecule has 0 radical (unpaired) electrons. The maximum absolute atomic E-state index is 13.3. The molecule has 0 N–H and O–H groups in total. The number of ether oxygens (including phenoxy) is 1. The van der Waals surface area contributed by atoms with Gasteiger partial charge >= 0.3 is 5.97 Å². The van der Waals surface area contributed by atoms with Gasteiger partial charge in [-0.15, -0.1) is 0 Å². The van der Waals surface area contributed by atoms with Crippen molar-refractivity contribution in [1.29, 1.82) is 0 Å². The van der Waals surface area contributed by atoms with Crippen molar-refractivity contribution < 1.29 is 17.9 Å². The van der Waals surface area contributed by atoms with Crippen LogP contribution in [-0.4, -0.2) is 32.3 Å². The molecule has 2 aromatic rings. The molecule has 2 aromatic carbocycles. The van der Waals surface area contributed by atoms with Crippen molar-refractivity contribution in [2.75, 3.05) is 13.7 Å². The molecule has 5 nitrogen and oxygen atoms in total. The van der Waals surface area contributed by atoms with Gasteiger partial charge in [0, 0.05) is 15.5 Å². The van der Waals surface area contributed by atoms with Gasteiger partial charge in [0.2, 0.25) is 10.0 Å². The van der Waals surface area contributed by atoms with Gasteiger partial charge < -0.3 is 4.74 Å². The summed E-state index contributed by atoms with van der Waals surface area (Å²) in [6, 6.07) is 11.4. The third kappa shape index (κ3) is 4.46. The van der Waals surface area contributed by atoms with Crippen molar-refractivity contribution in [3.8, 4) is 0 Å². The van der Waals surface area contributed by atoms with E-state index in [1.54, 1.807) is 32.0 Å². The molecule has 0 saturated heterocycles. The van der Waals surface area contributed by atoms with Crippen LogP contribution in [-0.2, 0) is 19.6 Å². The van der Waals surface area contributed by atoms with Crippen LogP contribution in [0.2, 0.25) is 5.02 Å². The van der Waals surface area contributed by atoms with Crippen LogP contribution in [0.4, 0.5) is 0 Å². The molecule has 0 bridgehead atoms. The van der Waals surface area contributed by atoms with Gasteiger partial charge in [-0.2, -0.15) is 4.31 Å². The Morgan fingerprint density at radius 3 is 2.54 bits per heavy atom. The van der Waals surface area contributed by atoms with E-state index in [4.69, 9.17) is 16.3 Å². The second-order valence-electron chi connectivity index (χ2n) is 5.72. The predicted octanol–water partition coefficient (Wildman–Crippen LogP) is 4.34. The van der Waals surface area contributed by atoms with E-state index in [2.05, 4.69) is 15.9 Å². The summed E-state index contributed by atoms with van der Waals surface area (Å²) in [4.78, 5) is 12.0. The Morgan fingerprint density at radius 1 is 1.27 bits per heavy atom. The monoisotopic (exact) mass is 459 g/mol. The highest BCUT2D eigenvalue weighted by molar-refractivity contribution is 9.10. The molecule has 1 atom stereocenters. The summed E-state index contributed by atoms with van der Waals surface area (Å²) in [5, 5.41) is 0.346. The van der Waals surface area contributed by atoms with Gasteiger partial charge in [-0.1, -0.05) is 45.7 Å². The first-order valence-corrected chi connectivity index (χ1v) is 10.4. The summed E-state index contributed by atoms with van der Waals surface area (Å²) >= 11 is 9.48. The largest absolute Gasteiger partial charge is 0.468 e. The van der Waals surface area contributed by atoms with Gasteiger partial charge in [-0.3, -0.25) is 4.79 Å². The summed E-state index contributed by atoms with van der Waals surface area (Å²) < 4.78 is 33.2. The molecule has 2 rings (SSSR count). The Hall–Kier alpha value is -1.41. The minimum Gasteiger partial charge on any atom is -0.468 e. The molecular formula is C18H19BrClNO4S. The fraction of sp³-hybridized carbons (Fsp3) is 0.278. The number of nitrogens with zero attached hydrogens (tertiary/aromatic N) is 1. The maximum atomic E-state index is 13.3. The summed E-state index contributed by atoms with van der Waals surface area (Å²) in [7, 11) is -2.76. The first-order valence-electron chi connectivity index (χ1n) is 7.77. The van der Waals surface area contributed by atoms with E-state index in [-0.39, 0.29) is 4.90 Å². The molecule has 26 heavy (non-hydrogen) atoms. The van der Waals surface area contributed by atoms with E-state index in [0.29, 0.717) is 10.6 Å². The SMILES string of the molecule is COC(=O)CN(C(C)c1cccc(Br)c1)S(=O)(=O)c1cccc(Cl)c1C. The van der Waals surface area contributed by atoms with E-state index in [9.17, 15) is 13.2 Å². The average molecular weight is 461 g/mol. The first kappa shape index (κ1) is 20.9. The molecule has 0 aliphatic heterocycles. The zero-order chi connectivity index (χ0) is 19.5. The molecule has 140 valence electrons. The van der Waals surface area contributed by atoms with Gasteiger partial charge in [-0.05, 0) is 49.2 Å². The number of hydrogen-bond acceptors (Lipinski definition) is 4. The smallest absolute Gasteiger partial charge is 0.321 e. The predicted molar refractivity (Wildman–Crippen MR) is 105 cm³/mol. The molecule has 0 saturated carbocycles. The molecule has 0 aliphatic rings. The molecule has 0 fully saturated rings. The molecule has 8 heteroatoms. The Labute approximate surface area is 167 Å². The number of carbonyl (C=O) groups excluding carboxylic acids is 1. The van der Waals surface area contributed by atoms with Gasteiger partial charge in [0.05, 0.1) is 12.0 Å². The van der Waals surface area contributed by atoms with Crippen LogP contribution in [0, 0.1) is 6.92 Å². The molecule has 0 spiro atoms. The normalized spacial score (nSPS) is 12.8. The zero-order valence-corrected chi connectivity index (χ0v) is 17.7. The molecule has 1 unspecified atom stereocenters. The quantitative estimate of drug-likeness (QED) is 0.602. The Kier molecular flexibility index (Phi) is 6.85. The standard InChI is InChI=1S/C18H19BrClNO4S/c1-12-16(20)8-5-9-17(12)26(23,24)21(11-18(22)25-3)13(2)14-6-4-7-15(19)10-14/h4-10,13H,11H2,1-3H3. The highest BCUT2D eigenvalue weighted by atomic mass is 79.9. The van der Waals surface area contributed by atoms with Crippen molar-refractivity contribution in [3.05, 3.63) is 63.1 Å². The third-order valence-corrected chi connectivity index (χ3v) is 7.04. The fourth-order valence-corrected chi connectivity index (χ4v) is 5.01. The summed E-state index contributed by atoms with van der Waals surface area (Å²) in [5.74, 6) is -0.643. The highest BCUT2D eigenvalue weighted by Gasteiger charge is 2.33. The third-order valence-electron chi connectivity index (χ3n) is 4.08. The Bertz CT molecular complexity index is 917. The lowest BCUT2D eigenvalue weighted by atomic mass is 10.1. The van der Waals surface area contributed by atoms with Crippen LogP contribution >= 0.6 is 27.5 Å². The van der Waals surface area contributed by atoms with Crippen molar-refractivity contribution in [2.24, 2.45) is 0 Å². The minimum atomic E-state index is -3.99. The van der Waals surface area contributed by atoms with Crippen molar-refractivity contribution in [2.45, 2.75) is 24.8 Å². The van der Waals surface area contributed by atoms with Crippen LogP contribution in [0.15, 0.2) is 51.8 Å². The first-order chi connectivity index (χ1) is 12.2. The van der Waals surface area contributed by atoms with Crippen molar-refractivity contribution >= 4 is 43.5 Å². The van der Waals surface area contributed by atoms with Gasteiger partial charge in [0.15, 0.2) is 0 Å². The summed E-state index contributed by atoms with van der Waals surface area (Å²) in [6.07, 6.45) is 0. The van der Waals surface area contributed by atoms with Crippen molar-refractivity contribution in [1.82, 2.24) is 4.31 Å². The zero-order valence-electron chi connectivity index (χ0n) is 14.6. The minimum absolute atomic E-state index is 0.0655. The molecule has 0 heterocycles. The maximum Gasteiger partial charge on any atom is 0.321 e. The van der Waals surface area contributed by atoms with E-state index in [1.807, 2.05) is 18.2 Å². The van der Waals surface area contributed by atoms with E-state index in [0.717, 1.165) is 14.3 Å². The topological polar surface area (TPSA) is 63.7 Å². The van der Waals surface area contributed by atoms with Gasteiger partial charge in [0.25, 0.3) is 0 Å².